The number of benzene rings is 3. The summed E-state index contributed by atoms with van der Waals surface area (Å²) in [5.41, 5.74) is 1.84. The van der Waals surface area contributed by atoms with Crippen LogP contribution in [0.25, 0.3) is 0 Å². The lowest BCUT2D eigenvalue weighted by Gasteiger charge is -2.33. The molecular formula is C29H33Cl2N3O4S. The molecule has 1 N–H and O–H groups in total. The smallest absolute Gasteiger partial charge is 0.264 e. The fourth-order valence-corrected chi connectivity index (χ4v) is 6.03. The van der Waals surface area contributed by atoms with Gasteiger partial charge in [-0.25, -0.2) is 8.42 Å². The largest absolute Gasteiger partial charge is 0.354 e. The van der Waals surface area contributed by atoms with Crippen molar-refractivity contribution < 1.29 is 18.0 Å². The number of aryl methyl sites for hydroxylation is 1. The van der Waals surface area contributed by atoms with Crippen molar-refractivity contribution in [2.24, 2.45) is 0 Å². The second-order valence-electron chi connectivity index (χ2n) is 9.17. The summed E-state index contributed by atoms with van der Waals surface area (Å²) in [4.78, 5) is 28.5. The number of halogens is 2. The number of carbonyl (C=O) groups is 2. The van der Waals surface area contributed by atoms with Crippen LogP contribution < -0.4 is 9.62 Å². The van der Waals surface area contributed by atoms with Gasteiger partial charge >= 0.3 is 0 Å². The predicted molar refractivity (Wildman–Crippen MR) is 157 cm³/mol. The second-order valence-corrected chi connectivity index (χ2v) is 11.9. The molecule has 0 saturated heterocycles. The zero-order chi connectivity index (χ0) is 28.6. The summed E-state index contributed by atoms with van der Waals surface area (Å²) < 4.78 is 28.8. The van der Waals surface area contributed by atoms with Crippen molar-refractivity contribution in [1.82, 2.24) is 10.2 Å². The molecule has 0 spiro atoms. The molecule has 0 radical (unpaired) electrons. The first kappa shape index (κ1) is 30.5. The zero-order valence-corrected chi connectivity index (χ0v) is 24.6. The van der Waals surface area contributed by atoms with Gasteiger partial charge in [0.15, 0.2) is 0 Å². The van der Waals surface area contributed by atoms with Gasteiger partial charge in [0, 0.05) is 23.1 Å². The Labute approximate surface area is 240 Å². The van der Waals surface area contributed by atoms with Gasteiger partial charge in [-0.15, -0.1) is 0 Å². The van der Waals surface area contributed by atoms with Crippen molar-refractivity contribution in [3.05, 3.63) is 94.0 Å². The van der Waals surface area contributed by atoms with Crippen LogP contribution in [0.4, 0.5) is 5.69 Å². The van der Waals surface area contributed by atoms with Gasteiger partial charge in [-0.05, 0) is 55.7 Å². The molecule has 0 fully saturated rings. The van der Waals surface area contributed by atoms with Crippen LogP contribution in [0.15, 0.2) is 77.7 Å². The Morgan fingerprint density at radius 3 is 2.10 bits per heavy atom. The van der Waals surface area contributed by atoms with E-state index >= 15 is 0 Å². The van der Waals surface area contributed by atoms with Crippen molar-refractivity contribution in [3.63, 3.8) is 0 Å². The van der Waals surface area contributed by atoms with Gasteiger partial charge in [0.2, 0.25) is 11.8 Å². The van der Waals surface area contributed by atoms with Crippen LogP contribution in [0.3, 0.4) is 0 Å². The summed E-state index contributed by atoms with van der Waals surface area (Å²) in [5.74, 6) is -0.827. The van der Waals surface area contributed by atoms with Gasteiger partial charge in [-0.1, -0.05) is 85.1 Å². The van der Waals surface area contributed by atoms with E-state index in [4.69, 9.17) is 23.2 Å². The van der Waals surface area contributed by atoms with E-state index < -0.39 is 28.5 Å². The number of hydrogen-bond acceptors (Lipinski definition) is 4. The van der Waals surface area contributed by atoms with Crippen LogP contribution in [-0.2, 0) is 26.2 Å². The molecule has 0 heterocycles. The first-order valence-corrected chi connectivity index (χ1v) is 14.9. The predicted octanol–water partition coefficient (Wildman–Crippen LogP) is 5.83. The van der Waals surface area contributed by atoms with E-state index in [2.05, 4.69) is 5.32 Å². The van der Waals surface area contributed by atoms with Gasteiger partial charge < -0.3 is 10.2 Å². The molecule has 39 heavy (non-hydrogen) atoms. The first-order chi connectivity index (χ1) is 18.6. The molecule has 3 rings (SSSR count). The molecule has 7 nitrogen and oxygen atoms in total. The van der Waals surface area contributed by atoms with Crippen molar-refractivity contribution in [1.29, 1.82) is 0 Å². The first-order valence-electron chi connectivity index (χ1n) is 12.7. The lowest BCUT2D eigenvalue weighted by Crippen LogP contribution is -2.52. The van der Waals surface area contributed by atoms with E-state index in [1.165, 1.54) is 35.2 Å². The van der Waals surface area contributed by atoms with Crippen molar-refractivity contribution in [3.8, 4) is 0 Å². The summed E-state index contributed by atoms with van der Waals surface area (Å²) in [7, 11) is -4.20. The van der Waals surface area contributed by atoms with E-state index in [1.54, 1.807) is 12.1 Å². The van der Waals surface area contributed by atoms with Crippen LogP contribution in [0.5, 0.6) is 0 Å². The van der Waals surface area contributed by atoms with Gasteiger partial charge in [0.1, 0.15) is 12.6 Å². The molecule has 0 saturated carbocycles. The Morgan fingerprint density at radius 1 is 0.923 bits per heavy atom. The van der Waals surface area contributed by atoms with E-state index in [0.29, 0.717) is 13.0 Å². The Morgan fingerprint density at radius 2 is 1.54 bits per heavy atom. The Kier molecular flexibility index (Phi) is 10.8. The number of amides is 2. The number of carbonyl (C=O) groups excluding carboxylic acids is 2. The summed E-state index contributed by atoms with van der Waals surface area (Å²) >= 11 is 12.5. The highest BCUT2D eigenvalue weighted by atomic mass is 35.5. The van der Waals surface area contributed by atoms with E-state index in [-0.39, 0.29) is 33.1 Å². The van der Waals surface area contributed by atoms with E-state index in [1.807, 2.05) is 51.1 Å². The van der Waals surface area contributed by atoms with E-state index in [9.17, 15) is 18.0 Å². The zero-order valence-electron chi connectivity index (χ0n) is 22.2. The van der Waals surface area contributed by atoms with Crippen LogP contribution in [0, 0.1) is 6.92 Å². The summed E-state index contributed by atoms with van der Waals surface area (Å²) in [6.45, 7) is 5.66. The average molecular weight is 591 g/mol. The topological polar surface area (TPSA) is 86.8 Å². The molecule has 0 unspecified atom stereocenters. The van der Waals surface area contributed by atoms with Crippen LogP contribution in [0.2, 0.25) is 10.0 Å². The molecular weight excluding hydrogens is 557 g/mol. The van der Waals surface area contributed by atoms with Crippen molar-refractivity contribution in [2.45, 2.75) is 51.1 Å². The fraction of sp³-hybridized carbons (Fsp3) is 0.310. The highest BCUT2D eigenvalue weighted by Gasteiger charge is 2.33. The van der Waals surface area contributed by atoms with Crippen LogP contribution >= 0.6 is 23.2 Å². The quantitative estimate of drug-likeness (QED) is 0.288. The number of anilines is 1. The third-order valence-corrected chi connectivity index (χ3v) is 8.38. The van der Waals surface area contributed by atoms with Crippen molar-refractivity contribution in [2.75, 3.05) is 17.4 Å². The normalized spacial score (nSPS) is 12.0. The summed E-state index contributed by atoms with van der Waals surface area (Å²) in [6, 6.07) is 19.2. The number of hydrogen-bond donors (Lipinski definition) is 1. The lowest BCUT2D eigenvalue weighted by molar-refractivity contribution is -0.140. The molecule has 3 aromatic carbocycles. The van der Waals surface area contributed by atoms with Gasteiger partial charge in [-0.2, -0.15) is 0 Å². The minimum atomic E-state index is -4.20. The lowest BCUT2D eigenvalue weighted by atomic mass is 10.1. The molecule has 0 aliphatic rings. The maximum Gasteiger partial charge on any atom is 0.264 e. The minimum Gasteiger partial charge on any atom is -0.354 e. The molecule has 10 heteroatoms. The molecule has 2 amide bonds. The van der Waals surface area contributed by atoms with Crippen LogP contribution in [0.1, 0.15) is 37.8 Å². The number of nitrogens with one attached hydrogen (secondary N) is 1. The summed E-state index contributed by atoms with van der Waals surface area (Å²) in [5, 5.41) is 3.31. The molecule has 1 atom stereocenters. The molecule has 0 aliphatic carbocycles. The maximum absolute atomic E-state index is 14.0. The molecule has 208 valence electrons. The van der Waals surface area contributed by atoms with Crippen LogP contribution in [-0.4, -0.2) is 44.3 Å². The minimum absolute atomic E-state index is 0.0133. The van der Waals surface area contributed by atoms with Gasteiger partial charge in [0.25, 0.3) is 10.0 Å². The fourth-order valence-electron chi connectivity index (χ4n) is 4.12. The van der Waals surface area contributed by atoms with Gasteiger partial charge in [0.05, 0.1) is 10.6 Å². The third-order valence-electron chi connectivity index (χ3n) is 6.15. The maximum atomic E-state index is 14.0. The molecule has 0 aliphatic heterocycles. The molecule has 0 aromatic heterocycles. The Balaban J connectivity index is 2.07. The van der Waals surface area contributed by atoms with E-state index in [0.717, 1.165) is 21.9 Å². The SMILES string of the molecule is CCCNC(=O)[C@H](CC)N(Cc1ccccc1)C(=O)CN(c1cc(Cl)cc(Cl)c1)S(=O)(=O)c1ccc(C)cc1. The Bertz CT molecular complexity index is 1360. The molecule has 3 aromatic rings. The standard InChI is InChI=1S/C29H33Cl2N3O4S/c1-4-15-32-29(36)27(5-2)33(19-22-9-7-6-8-10-22)28(35)20-34(25-17-23(30)16-24(31)18-25)39(37,38)26-13-11-21(3)12-14-26/h6-14,16-18,27H,4-5,15,19-20H2,1-3H3,(H,32,36)/t27-/m0/s1. The monoisotopic (exact) mass is 589 g/mol. The third kappa shape index (κ3) is 7.97. The van der Waals surface area contributed by atoms with Crippen molar-refractivity contribution >= 4 is 50.7 Å². The van der Waals surface area contributed by atoms with Gasteiger partial charge in [-0.3, -0.25) is 13.9 Å². The number of sulfonamides is 1. The summed E-state index contributed by atoms with van der Waals surface area (Å²) in [6.07, 6.45) is 1.09. The highest BCUT2D eigenvalue weighted by Crippen LogP contribution is 2.30. The Hall–Kier alpha value is -3.07. The number of nitrogens with zero attached hydrogens (tertiary/aromatic N) is 2. The number of rotatable bonds is 12. The average Bonchev–Trinajstić information content (AvgIpc) is 2.90. The second kappa shape index (κ2) is 13.8. The molecule has 0 bridgehead atoms. The highest BCUT2D eigenvalue weighted by molar-refractivity contribution is 7.92.